The van der Waals surface area contributed by atoms with Crippen molar-refractivity contribution in [3.8, 4) is 0 Å². The maximum atomic E-state index is 9.66. The Kier molecular flexibility index (Phi) is 3.69. The first-order valence-electron chi connectivity index (χ1n) is 4.30. The highest BCUT2D eigenvalue weighted by Crippen LogP contribution is 2.22. The van der Waals surface area contributed by atoms with Gasteiger partial charge in [0.15, 0.2) is 0 Å². The Hall–Kier alpha value is -0.410. The van der Waals surface area contributed by atoms with Gasteiger partial charge in [0.2, 0.25) is 0 Å². The smallest absolute Gasteiger partial charge is 0.0970 e. The lowest BCUT2D eigenvalue weighted by atomic mass is 10.00. The third kappa shape index (κ3) is 2.57. The fourth-order valence-electron chi connectivity index (χ4n) is 1.05. The maximum absolute atomic E-state index is 9.66. The van der Waals surface area contributed by atoms with Crippen molar-refractivity contribution in [1.82, 2.24) is 4.98 Å². The van der Waals surface area contributed by atoms with Gasteiger partial charge in [-0.25, -0.2) is 4.98 Å². The predicted octanol–water partition coefficient (Wildman–Crippen LogP) is 2.61. The van der Waals surface area contributed by atoms with Crippen LogP contribution in [0, 0.1) is 5.92 Å². The zero-order chi connectivity index (χ0) is 8.97. The van der Waals surface area contributed by atoms with E-state index in [1.54, 1.807) is 5.51 Å². The minimum absolute atomic E-state index is 0.369. The highest BCUT2D eigenvalue weighted by molar-refractivity contribution is 7.07. The lowest BCUT2D eigenvalue weighted by Gasteiger charge is -2.12. The first-order chi connectivity index (χ1) is 5.74. The number of nitrogens with zero attached hydrogens (tertiary/aromatic N) is 1. The Morgan fingerprint density at radius 2 is 2.42 bits per heavy atom. The standard InChI is InChI=1S/C9H15NOS/c1-3-7(2)4-9(11)8-5-12-6-10-8/h5-7,9,11H,3-4H2,1-2H3. The lowest BCUT2D eigenvalue weighted by Crippen LogP contribution is -2.03. The molecule has 68 valence electrons. The van der Waals surface area contributed by atoms with Crippen molar-refractivity contribution in [3.63, 3.8) is 0 Å². The Labute approximate surface area is 77.3 Å². The van der Waals surface area contributed by atoms with Gasteiger partial charge >= 0.3 is 0 Å². The van der Waals surface area contributed by atoms with Crippen LogP contribution in [0.5, 0.6) is 0 Å². The minimum atomic E-state index is -0.369. The molecular formula is C9H15NOS. The van der Waals surface area contributed by atoms with E-state index in [0.717, 1.165) is 18.5 Å². The molecule has 0 saturated carbocycles. The Balaban J connectivity index is 2.44. The summed E-state index contributed by atoms with van der Waals surface area (Å²) in [6.07, 6.45) is 1.56. The molecule has 0 aliphatic rings. The topological polar surface area (TPSA) is 33.1 Å². The van der Waals surface area contributed by atoms with Crippen LogP contribution >= 0.6 is 11.3 Å². The van der Waals surface area contributed by atoms with E-state index in [-0.39, 0.29) is 6.10 Å². The second-order valence-corrected chi connectivity index (χ2v) is 3.90. The first kappa shape index (κ1) is 9.68. The van der Waals surface area contributed by atoms with E-state index in [9.17, 15) is 5.11 Å². The third-order valence-electron chi connectivity index (χ3n) is 2.12. The van der Waals surface area contributed by atoms with Crippen LogP contribution in [0.4, 0.5) is 0 Å². The number of thiazole rings is 1. The zero-order valence-electron chi connectivity index (χ0n) is 7.53. The summed E-state index contributed by atoms with van der Waals surface area (Å²) in [5.74, 6) is 0.571. The van der Waals surface area contributed by atoms with Gasteiger partial charge in [0.25, 0.3) is 0 Å². The monoisotopic (exact) mass is 185 g/mol. The van der Waals surface area contributed by atoms with Gasteiger partial charge < -0.3 is 5.11 Å². The van der Waals surface area contributed by atoms with E-state index < -0.39 is 0 Å². The summed E-state index contributed by atoms with van der Waals surface area (Å²) in [5.41, 5.74) is 2.58. The number of hydrogen-bond donors (Lipinski definition) is 1. The SMILES string of the molecule is CCC(C)CC(O)c1cscn1. The van der Waals surface area contributed by atoms with Crippen molar-refractivity contribution in [2.24, 2.45) is 5.92 Å². The van der Waals surface area contributed by atoms with E-state index in [4.69, 9.17) is 0 Å². The van der Waals surface area contributed by atoms with Crippen molar-refractivity contribution in [2.45, 2.75) is 32.8 Å². The van der Waals surface area contributed by atoms with Gasteiger partial charge in [-0.2, -0.15) is 0 Å². The summed E-state index contributed by atoms with van der Waals surface area (Å²) in [6, 6.07) is 0. The summed E-state index contributed by atoms with van der Waals surface area (Å²) >= 11 is 1.53. The van der Waals surface area contributed by atoms with Gasteiger partial charge in [-0.3, -0.25) is 0 Å². The van der Waals surface area contributed by atoms with E-state index in [1.165, 1.54) is 11.3 Å². The normalized spacial score (nSPS) is 15.9. The molecule has 2 atom stereocenters. The van der Waals surface area contributed by atoms with Gasteiger partial charge in [-0.15, -0.1) is 11.3 Å². The molecule has 2 nitrogen and oxygen atoms in total. The van der Waals surface area contributed by atoms with Crippen molar-refractivity contribution >= 4 is 11.3 Å². The van der Waals surface area contributed by atoms with E-state index in [0.29, 0.717) is 5.92 Å². The van der Waals surface area contributed by atoms with Gasteiger partial charge in [0, 0.05) is 5.38 Å². The van der Waals surface area contributed by atoms with E-state index in [1.807, 2.05) is 5.38 Å². The lowest BCUT2D eigenvalue weighted by molar-refractivity contribution is 0.143. The molecule has 0 spiro atoms. The van der Waals surface area contributed by atoms with Crippen LogP contribution in [0.2, 0.25) is 0 Å². The Morgan fingerprint density at radius 1 is 1.67 bits per heavy atom. The van der Waals surface area contributed by atoms with Crippen LogP contribution in [0.3, 0.4) is 0 Å². The molecule has 0 bridgehead atoms. The molecule has 1 aromatic rings. The molecule has 0 saturated heterocycles. The molecule has 1 heterocycles. The van der Waals surface area contributed by atoms with Crippen LogP contribution in [0.25, 0.3) is 0 Å². The fraction of sp³-hybridized carbons (Fsp3) is 0.667. The molecule has 0 aliphatic carbocycles. The minimum Gasteiger partial charge on any atom is -0.387 e. The van der Waals surface area contributed by atoms with Gasteiger partial charge in [0.05, 0.1) is 17.3 Å². The number of aliphatic hydroxyl groups excluding tert-OH is 1. The van der Waals surface area contributed by atoms with Crippen molar-refractivity contribution < 1.29 is 5.11 Å². The molecule has 0 fully saturated rings. The highest BCUT2D eigenvalue weighted by atomic mass is 32.1. The van der Waals surface area contributed by atoms with Crippen molar-refractivity contribution in [2.75, 3.05) is 0 Å². The number of aromatic nitrogens is 1. The molecule has 0 radical (unpaired) electrons. The summed E-state index contributed by atoms with van der Waals surface area (Å²) in [5, 5.41) is 11.6. The maximum Gasteiger partial charge on any atom is 0.0970 e. The summed E-state index contributed by atoms with van der Waals surface area (Å²) in [7, 11) is 0. The Bertz CT molecular complexity index is 210. The number of hydrogen-bond acceptors (Lipinski definition) is 3. The average Bonchev–Trinajstić information content (AvgIpc) is 2.56. The van der Waals surface area contributed by atoms with Crippen LogP contribution in [0.15, 0.2) is 10.9 Å². The fourth-order valence-corrected chi connectivity index (χ4v) is 1.66. The van der Waals surface area contributed by atoms with Gasteiger partial charge in [0.1, 0.15) is 0 Å². The Morgan fingerprint density at radius 3 is 2.92 bits per heavy atom. The largest absolute Gasteiger partial charge is 0.387 e. The van der Waals surface area contributed by atoms with Gasteiger partial charge in [-0.1, -0.05) is 20.3 Å². The molecule has 1 aromatic heterocycles. The molecule has 1 N–H and O–H groups in total. The summed E-state index contributed by atoms with van der Waals surface area (Å²) < 4.78 is 0. The average molecular weight is 185 g/mol. The predicted molar refractivity (Wildman–Crippen MR) is 51.1 cm³/mol. The molecule has 1 rings (SSSR count). The molecular weight excluding hydrogens is 170 g/mol. The zero-order valence-corrected chi connectivity index (χ0v) is 8.34. The quantitative estimate of drug-likeness (QED) is 0.782. The van der Waals surface area contributed by atoms with E-state index >= 15 is 0 Å². The van der Waals surface area contributed by atoms with E-state index in [2.05, 4.69) is 18.8 Å². The number of aliphatic hydroxyl groups is 1. The first-order valence-corrected chi connectivity index (χ1v) is 5.24. The molecule has 12 heavy (non-hydrogen) atoms. The second kappa shape index (κ2) is 4.58. The van der Waals surface area contributed by atoms with Crippen LogP contribution in [0.1, 0.15) is 38.5 Å². The third-order valence-corrected chi connectivity index (χ3v) is 2.72. The van der Waals surface area contributed by atoms with Crippen LogP contribution < -0.4 is 0 Å². The molecule has 2 unspecified atom stereocenters. The van der Waals surface area contributed by atoms with Crippen LogP contribution in [-0.2, 0) is 0 Å². The highest BCUT2D eigenvalue weighted by Gasteiger charge is 2.12. The van der Waals surface area contributed by atoms with Crippen molar-refractivity contribution in [3.05, 3.63) is 16.6 Å². The molecule has 0 aliphatic heterocycles. The summed E-state index contributed by atoms with van der Waals surface area (Å²) in [4.78, 5) is 4.07. The van der Waals surface area contributed by atoms with Gasteiger partial charge in [-0.05, 0) is 12.3 Å². The molecule has 0 aromatic carbocycles. The molecule has 3 heteroatoms. The van der Waals surface area contributed by atoms with Crippen molar-refractivity contribution in [1.29, 1.82) is 0 Å². The van der Waals surface area contributed by atoms with Crippen LogP contribution in [-0.4, -0.2) is 10.1 Å². The number of rotatable bonds is 4. The summed E-state index contributed by atoms with van der Waals surface area (Å²) in [6.45, 7) is 4.29. The molecule has 0 amide bonds. The second-order valence-electron chi connectivity index (χ2n) is 3.18.